The minimum absolute atomic E-state index is 0.112. The molecule has 3 saturated carbocycles. The van der Waals surface area contributed by atoms with Crippen LogP contribution in [0.15, 0.2) is 18.2 Å². The van der Waals surface area contributed by atoms with Crippen LogP contribution in [0.4, 0.5) is 13.6 Å². The Morgan fingerprint density at radius 3 is 2.45 bits per heavy atom. The Hall–Kier alpha value is -4.35. The highest BCUT2D eigenvalue weighted by Gasteiger charge is 2.67. The van der Waals surface area contributed by atoms with E-state index in [9.17, 15) is 31.6 Å². The number of hydrogen-bond acceptors (Lipinski definition) is 11. The Labute approximate surface area is 349 Å². The van der Waals surface area contributed by atoms with Crippen LogP contribution in [0.25, 0.3) is 11.0 Å². The first-order chi connectivity index (χ1) is 28.3. The summed E-state index contributed by atoms with van der Waals surface area (Å²) < 4.78 is 74.6. The highest BCUT2D eigenvalue weighted by atomic mass is 32.2. The quantitative estimate of drug-likeness (QED) is 0.316. The predicted octanol–water partition coefficient (Wildman–Crippen LogP) is 5.19. The number of fused-ring (bicyclic) bond motifs is 5. The lowest BCUT2D eigenvalue weighted by Gasteiger charge is -2.37. The van der Waals surface area contributed by atoms with E-state index < -0.39 is 98.5 Å². The average molecular weight is 861 g/mol. The molecule has 0 spiro atoms. The van der Waals surface area contributed by atoms with E-state index >= 15 is 4.79 Å². The first-order valence-corrected chi connectivity index (χ1v) is 22.8. The summed E-state index contributed by atoms with van der Waals surface area (Å²) in [5.41, 5.74) is -2.19. The van der Waals surface area contributed by atoms with E-state index in [2.05, 4.69) is 10.6 Å². The number of carbonyl (C=O) groups excluding carboxylic acids is 4. The third kappa shape index (κ3) is 8.71. The van der Waals surface area contributed by atoms with Gasteiger partial charge >= 0.3 is 6.09 Å². The van der Waals surface area contributed by atoms with E-state index in [1.807, 2.05) is 17.7 Å². The normalized spacial score (nSPS) is 31.5. The standard InChI is InChI=1S/C42H58F2N6O9S/c1-7-26-31-22-50(32(26)35(51)48-42(21-27(42)34(43)44)38(53)49-60(55,56)25-16-17-25)37(52)33(40(2,3)4)47-39(54)59-41(5)19-11-13-23(41)12-9-8-10-14-29-36(58-31)46-30-20-24(57-6)15-18-28(30)45-29/h15,18,20,23,25-27,31-34H,7-14,16-17,19,21-22H2,1-6H3,(H,47,54)(H,48,51)(H,49,53)/t23-,26-,27+,31+,32+,33-,41-,42-/m1/s1. The minimum atomic E-state index is -4.15. The number of aryl methyl sites for hydroxylation is 1. The zero-order valence-electron chi connectivity index (χ0n) is 35.2. The number of nitrogens with one attached hydrogen (secondary N) is 3. The van der Waals surface area contributed by atoms with Crippen molar-refractivity contribution in [3.8, 4) is 11.6 Å². The summed E-state index contributed by atoms with van der Waals surface area (Å²) in [5, 5.41) is 4.52. The molecule has 330 valence electrons. The average Bonchev–Trinajstić information content (AvgIpc) is 4.10. The summed E-state index contributed by atoms with van der Waals surface area (Å²) in [7, 11) is -2.61. The highest BCUT2D eigenvalue weighted by Crippen LogP contribution is 2.49. The fourth-order valence-electron chi connectivity index (χ4n) is 9.49. The molecule has 15 nitrogen and oxygen atoms in total. The third-order valence-electron chi connectivity index (χ3n) is 13.3. The lowest BCUT2D eigenvalue weighted by Crippen LogP contribution is -2.61. The molecule has 1 saturated heterocycles. The van der Waals surface area contributed by atoms with Crippen molar-refractivity contribution in [2.75, 3.05) is 13.7 Å². The van der Waals surface area contributed by atoms with Crippen molar-refractivity contribution in [3.05, 3.63) is 23.9 Å². The second-order valence-electron chi connectivity index (χ2n) is 18.6. The zero-order valence-corrected chi connectivity index (χ0v) is 36.0. The molecule has 2 bridgehead atoms. The predicted molar refractivity (Wildman–Crippen MR) is 216 cm³/mol. The molecular weight excluding hydrogens is 803 g/mol. The molecule has 1 aromatic heterocycles. The highest BCUT2D eigenvalue weighted by molar-refractivity contribution is 7.91. The van der Waals surface area contributed by atoms with Crippen LogP contribution in [0.1, 0.15) is 111 Å². The van der Waals surface area contributed by atoms with Crippen molar-refractivity contribution in [2.24, 2.45) is 23.2 Å². The third-order valence-corrected chi connectivity index (χ3v) is 15.1. The first-order valence-electron chi connectivity index (χ1n) is 21.3. The maximum absolute atomic E-state index is 15.0. The van der Waals surface area contributed by atoms with E-state index in [0.717, 1.165) is 38.5 Å². The van der Waals surface area contributed by atoms with Gasteiger partial charge in [-0.1, -0.05) is 40.5 Å². The molecule has 18 heteroatoms. The second kappa shape index (κ2) is 16.5. The number of alkyl halides is 2. The summed E-state index contributed by atoms with van der Waals surface area (Å²) in [6.45, 7) is 8.84. The largest absolute Gasteiger partial charge is 0.497 e. The zero-order chi connectivity index (χ0) is 43.4. The number of benzene rings is 1. The molecule has 0 radical (unpaired) electrons. The van der Waals surface area contributed by atoms with Crippen molar-refractivity contribution in [1.82, 2.24) is 30.2 Å². The maximum atomic E-state index is 15.0. The SMILES string of the molecule is CC[C@@H]1[C@@H]2CN(C(=O)[C@H](C(C)(C)C)NC(=O)O[C@]3(C)CCC[C@H]3CCCCCc3nc4ccc(OC)cc4nc3O2)[C@@H]1C(=O)N[C@]1(C(=O)NS(=O)(=O)C2CC2)C[C@H]1C(F)F. The minimum Gasteiger partial charge on any atom is -0.497 e. The van der Waals surface area contributed by atoms with Crippen LogP contribution in [0.2, 0.25) is 0 Å². The van der Waals surface area contributed by atoms with Crippen molar-refractivity contribution < 1.29 is 50.6 Å². The van der Waals surface area contributed by atoms with Gasteiger partial charge in [0.2, 0.25) is 34.1 Å². The molecule has 3 aliphatic carbocycles. The van der Waals surface area contributed by atoms with Crippen molar-refractivity contribution in [3.63, 3.8) is 0 Å². The lowest BCUT2D eigenvalue weighted by molar-refractivity contribution is -0.144. The van der Waals surface area contributed by atoms with E-state index in [1.165, 1.54) is 4.90 Å². The van der Waals surface area contributed by atoms with Gasteiger partial charge in [0.05, 0.1) is 35.9 Å². The molecule has 5 aliphatic rings. The van der Waals surface area contributed by atoms with E-state index in [1.54, 1.807) is 46.9 Å². The number of sulfonamides is 1. The Morgan fingerprint density at radius 2 is 1.80 bits per heavy atom. The Kier molecular flexibility index (Phi) is 12.0. The summed E-state index contributed by atoms with van der Waals surface area (Å²) in [6, 6.07) is 2.72. The van der Waals surface area contributed by atoms with Gasteiger partial charge in [-0.15, -0.1) is 0 Å². The first kappa shape index (κ1) is 43.7. The number of alkyl carbamates (subject to hydrolysis) is 1. The fraction of sp³-hybridized carbons (Fsp3) is 0.714. The van der Waals surface area contributed by atoms with Crippen LogP contribution < -0.4 is 24.8 Å². The molecule has 60 heavy (non-hydrogen) atoms. The molecule has 3 N–H and O–H groups in total. The maximum Gasteiger partial charge on any atom is 0.408 e. The van der Waals surface area contributed by atoms with E-state index in [4.69, 9.17) is 24.2 Å². The van der Waals surface area contributed by atoms with Gasteiger partial charge in [0.15, 0.2) is 0 Å². The monoisotopic (exact) mass is 860 g/mol. The van der Waals surface area contributed by atoms with Gasteiger partial charge in [-0.05, 0) is 94.6 Å². The van der Waals surface area contributed by atoms with Gasteiger partial charge in [-0.2, -0.15) is 0 Å². The van der Waals surface area contributed by atoms with Gasteiger partial charge in [-0.3, -0.25) is 19.1 Å². The van der Waals surface area contributed by atoms with Gasteiger partial charge in [0, 0.05) is 12.0 Å². The number of nitrogens with zero attached hydrogens (tertiary/aromatic N) is 3. The molecule has 7 rings (SSSR count). The molecule has 4 amide bonds. The summed E-state index contributed by atoms with van der Waals surface area (Å²) >= 11 is 0. The number of aromatic nitrogens is 2. The van der Waals surface area contributed by atoms with Gasteiger partial charge in [0.1, 0.15) is 40.8 Å². The number of halogens is 2. The Bertz CT molecular complexity index is 2120. The fourth-order valence-corrected chi connectivity index (χ4v) is 10.9. The lowest BCUT2D eigenvalue weighted by atomic mass is 9.85. The molecule has 3 heterocycles. The smallest absolute Gasteiger partial charge is 0.408 e. The molecule has 2 aliphatic heterocycles. The summed E-state index contributed by atoms with van der Waals surface area (Å²) in [6.07, 6.45) is 2.03. The number of ether oxygens (including phenoxy) is 3. The Morgan fingerprint density at radius 1 is 1.07 bits per heavy atom. The van der Waals surface area contributed by atoms with Gasteiger partial charge < -0.3 is 29.7 Å². The Balaban J connectivity index is 1.29. The molecule has 1 aromatic carbocycles. The summed E-state index contributed by atoms with van der Waals surface area (Å²) in [5.74, 6) is -4.39. The number of carbonyl (C=O) groups is 4. The van der Waals surface area contributed by atoms with Crippen LogP contribution in [0, 0.1) is 23.2 Å². The van der Waals surface area contributed by atoms with Crippen molar-refractivity contribution in [1.29, 1.82) is 0 Å². The van der Waals surface area contributed by atoms with E-state index in [-0.39, 0.29) is 24.8 Å². The van der Waals surface area contributed by atoms with Crippen molar-refractivity contribution in [2.45, 2.75) is 153 Å². The van der Waals surface area contributed by atoms with Crippen LogP contribution in [-0.4, -0.2) is 102 Å². The number of rotatable bonds is 8. The van der Waals surface area contributed by atoms with Gasteiger partial charge in [-0.25, -0.2) is 32.0 Å². The number of amides is 4. The number of hydrogen-bond donors (Lipinski definition) is 3. The summed E-state index contributed by atoms with van der Waals surface area (Å²) in [4.78, 5) is 68.3. The molecule has 0 unspecified atom stereocenters. The molecule has 2 aromatic rings. The molecule has 8 atom stereocenters. The van der Waals surface area contributed by atoms with Crippen LogP contribution in [-0.2, 0) is 35.6 Å². The second-order valence-corrected chi connectivity index (χ2v) is 20.6. The van der Waals surface area contributed by atoms with Crippen molar-refractivity contribution >= 4 is 44.9 Å². The van der Waals surface area contributed by atoms with Crippen LogP contribution in [0.5, 0.6) is 11.6 Å². The van der Waals surface area contributed by atoms with Gasteiger partial charge in [0.25, 0.3) is 5.91 Å². The van der Waals surface area contributed by atoms with Crippen LogP contribution in [0.3, 0.4) is 0 Å². The molecule has 4 fully saturated rings. The number of methoxy groups -OCH3 is 1. The van der Waals surface area contributed by atoms with Crippen LogP contribution >= 0.6 is 0 Å². The topological polar surface area (TPSA) is 195 Å². The molecular formula is C42H58F2N6O9S. The van der Waals surface area contributed by atoms with E-state index in [0.29, 0.717) is 48.2 Å².